The summed E-state index contributed by atoms with van der Waals surface area (Å²) in [7, 11) is 0. The van der Waals surface area contributed by atoms with Gasteiger partial charge >= 0.3 is 0 Å². The number of amides is 2. The van der Waals surface area contributed by atoms with Gasteiger partial charge in [0, 0.05) is 17.6 Å². The number of ether oxygens (including phenoxy) is 1. The van der Waals surface area contributed by atoms with Crippen LogP contribution >= 0.6 is 11.6 Å². The van der Waals surface area contributed by atoms with Crippen molar-refractivity contribution in [1.29, 1.82) is 0 Å². The van der Waals surface area contributed by atoms with Crippen molar-refractivity contribution in [3.05, 3.63) is 76.2 Å². The molecule has 8 heteroatoms. The van der Waals surface area contributed by atoms with Crippen molar-refractivity contribution in [1.82, 2.24) is 10.6 Å². The first-order valence-corrected chi connectivity index (χ1v) is 9.44. The second-order valence-corrected chi connectivity index (χ2v) is 7.23. The minimum atomic E-state index is -0.874. The van der Waals surface area contributed by atoms with E-state index in [0.717, 1.165) is 11.1 Å². The van der Waals surface area contributed by atoms with E-state index >= 15 is 0 Å². The van der Waals surface area contributed by atoms with Gasteiger partial charge in [-0.1, -0.05) is 35.9 Å². The summed E-state index contributed by atoms with van der Waals surface area (Å²) in [6.45, 7) is 2.39. The first-order valence-electron chi connectivity index (χ1n) is 9.06. The van der Waals surface area contributed by atoms with Crippen LogP contribution in [0.15, 0.2) is 60.0 Å². The van der Waals surface area contributed by atoms with E-state index < -0.39 is 29.4 Å². The number of aliphatic hydroxyl groups excluding tert-OH is 2. The molecule has 152 valence electrons. The Morgan fingerprint density at radius 1 is 1.14 bits per heavy atom. The van der Waals surface area contributed by atoms with Crippen molar-refractivity contribution in [2.45, 2.75) is 25.5 Å². The summed E-state index contributed by atoms with van der Waals surface area (Å²) in [5.74, 6) is -2.45. The van der Waals surface area contributed by atoms with Crippen LogP contribution < -0.4 is 15.4 Å². The van der Waals surface area contributed by atoms with Crippen LogP contribution in [0, 0.1) is 0 Å². The Bertz CT molecular complexity index is 942. The van der Waals surface area contributed by atoms with E-state index in [1.54, 1.807) is 30.3 Å². The number of carbonyl (C=O) groups excluding carboxylic acids is 2. The Hall–Kier alpha value is -2.87. The summed E-state index contributed by atoms with van der Waals surface area (Å²) in [4.78, 5) is 22.8. The standard InChI is InChI=1S/C21H21ClN2O5/c1-12(23-11-17(25)14-3-2-4-15(22)10-14)9-13-5-7-16(8-6-13)29-19-18(26)20(27)24-21(19)28/h2-8,10,12,17,23,25H,9,11H2,1H3,(H2,24,26,27,28). The largest absolute Gasteiger partial charge is 0.500 e. The molecule has 0 saturated carbocycles. The van der Waals surface area contributed by atoms with Gasteiger partial charge in [-0.3, -0.25) is 14.9 Å². The lowest BCUT2D eigenvalue weighted by Crippen LogP contribution is -2.32. The second-order valence-electron chi connectivity index (χ2n) is 6.79. The van der Waals surface area contributed by atoms with Crippen molar-refractivity contribution in [3.63, 3.8) is 0 Å². The van der Waals surface area contributed by atoms with Gasteiger partial charge in [0.15, 0.2) is 0 Å². The molecule has 2 aromatic rings. The fraction of sp³-hybridized carbons (Fsp3) is 0.238. The Morgan fingerprint density at radius 3 is 2.48 bits per heavy atom. The molecule has 2 atom stereocenters. The minimum absolute atomic E-state index is 0.0978. The molecule has 7 nitrogen and oxygen atoms in total. The number of hydrogen-bond acceptors (Lipinski definition) is 6. The maximum absolute atomic E-state index is 11.5. The van der Waals surface area contributed by atoms with E-state index in [2.05, 4.69) is 5.32 Å². The van der Waals surface area contributed by atoms with Crippen molar-refractivity contribution >= 4 is 23.4 Å². The number of nitrogens with one attached hydrogen (secondary N) is 2. The maximum Gasteiger partial charge on any atom is 0.298 e. The summed E-state index contributed by atoms with van der Waals surface area (Å²) < 4.78 is 5.31. The Kier molecular flexibility index (Phi) is 6.53. The van der Waals surface area contributed by atoms with Gasteiger partial charge in [0.05, 0.1) is 6.10 Å². The molecular weight excluding hydrogens is 396 g/mol. The average Bonchev–Trinajstić information content (AvgIpc) is 2.93. The van der Waals surface area contributed by atoms with Gasteiger partial charge in [-0.15, -0.1) is 0 Å². The van der Waals surface area contributed by atoms with E-state index in [1.807, 2.05) is 30.4 Å². The highest BCUT2D eigenvalue weighted by atomic mass is 35.5. The Balaban J connectivity index is 1.51. The highest BCUT2D eigenvalue weighted by Gasteiger charge is 2.32. The zero-order chi connectivity index (χ0) is 21.0. The fourth-order valence-corrected chi connectivity index (χ4v) is 3.10. The molecule has 0 spiro atoms. The van der Waals surface area contributed by atoms with Gasteiger partial charge in [0.2, 0.25) is 11.5 Å². The first kappa shape index (κ1) is 20.9. The summed E-state index contributed by atoms with van der Waals surface area (Å²) in [5.41, 5.74) is 1.77. The summed E-state index contributed by atoms with van der Waals surface area (Å²) in [6.07, 6.45) is 0.0447. The van der Waals surface area contributed by atoms with Crippen molar-refractivity contribution < 1.29 is 24.5 Å². The van der Waals surface area contributed by atoms with E-state index in [4.69, 9.17) is 16.3 Å². The van der Waals surface area contributed by atoms with Crippen LogP contribution in [0.2, 0.25) is 5.02 Å². The highest BCUT2D eigenvalue weighted by Crippen LogP contribution is 2.20. The number of aliphatic hydroxyl groups is 2. The van der Waals surface area contributed by atoms with Crippen LogP contribution in [0.3, 0.4) is 0 Å². The van der Waals surface area contributed by atoms with Gasteiger partial charge in [0.25, 0.3) is 11.8 Å². The molecule has 1 heterocycles. The molecule has 0 saturated heterocycles. The molecule has 1 aliphatic heterocycles. The Morgan fingerprint density at radius 2 is 1.86 bits per heavy atom. The number of imide groups is 1. The van der Waals surface area contributed by atoms with Crippen molar-refractivity contribution in [2.24, 2.45) is 0 Å². The highest BCUT2D eigenvalue weighted by molar-refractivity contribution is 6.30. The van der Waals surface area contributed by atoms with Crippen LogP contribution in [-0.4, -0.2) is 34.6 Å². The lowest BCUT2D eigenvalue weighted by Gasteiger charge is -2.18. The van der Waals surface area contributed by atoms with Crippen LogP contribution in [-0.2, 0) is 16.0 Å². The van der Waals surface area contributed by atoms with Crippen LogP contribution in [0.25, 0.3) is 0 Å². The molecule has 4 N–H and O–H groups in total. The zero-order valence-corrected chi connectivity index (χ0v) is 16.4. The lowest BCUT2D eigenvalue weighted by atomic mass is 10.1. The third kappa shape index (κ3) is 5.35. The number of halogens is 1. The van der Waals surface area contributed by atoms with E-state index in [1.165, 1.54) is 0 Å². The minimum Gasteiger partial charge on any atom is -0.500 e. The molecule has 3 rings (SSSR count). The zero-order valence-electron chi connectivity index (χ0n) is 15.7. The Labute approximate surface area is 173 Å². The molecule has 2 amide bonds. The van der Waals surface area contributed by atoms with E-state index in [-0.39, 0.29) is 6.04 Å². The molecule has 0 fully saturated rings. The van der Waals surface area contributed by atoms with Crippen LogP contribution in [0.1, 0.15) is 24.2 Å². The van der Waals surface area contributed by atoms with Gasteiger partial charge < -0.3 is 20.3 Å². The van der Waals surface area contributed by atoms with E-state index in [9.17, 15) is 19.8 Å². The molecule has 2 aromatic carbocycles. The van der Waals surface area contributed by atoms with Gasteiger partial charge in [-0.05, 0) is 48.7 Å². The molecule has 0 bridgehead atoms. The van der Waals surface area contributed by atoms with Crippen LogP contribution in [0.5, 0.6) is 5.75 Å². The molecule has 0 aromatic heterocycles. The number of carbonyl (C=O) groups is 2. The topological polar surface area (TPSA) is 108 Å². The SMILES string of the molecule is CC(Cc1ccc(OC2=C(O)C(=O)NC2=O)cc1)NCC(O)c1cccc(Cl)c1. The summed E-state index contributed by atoms with van der Waals surface area (Å²) >= 11 is 5.95. The predicted octanol–water partition coefficient (Wildman–Crippen LogP) is 2.40. The van der Waals surface area contributed by atoms with Gasteiger partial charge in [-0.25, -0.2) is 0 Å². The quantitative estimate of drug-likeness (QED) is 0.492. The molecule has 0 aliphatic carbocycles. The second kappa shape index (κ2) is 9.09. The fourth-order valence-electron chi connectivity index (χ4n) is 2.91. The molecule has 0 radical (unpaired) electrons. The van der Waals surface area contributed by atoms with Gasteiger partial charge in [0.1, 0.15) is 5.75 Å². The molecular formula is C21H21ClN2O5. The monoisotopic (exact) mass is 416 g/mol. The average molecular weight is 417 g/mol. The molecule has 2 unspecified atom stereocenters. The molecule has 1 aliphatic rings. The first-order chi connectivity index (χ1) is 13.8. The lowest BCUT2D eigenvalue weighted by molar-refractivity contribution is -0.125. The van der Waals surface area contributed by atoms with Crippen LogP contribution in [0.4, 0.5) is 0 Å². The third-order valence-corrected chi connectivity index (χ3v) is 4.68. The number of benzene rings is 2. The van der Waals surface area contributed by atoms with Crippen molar-refractivity contribution in [2.75, 3.05) is 6.54 Å². The normalized spacial score (nSPS) is 16.0. The predicted molar refractivity (Wildman–Crippen MR) is 107 cm³/mol. The number of rotatable bonds is 8. The maximum atomic E-state index is 11.5. The summed E-state index contributed by atoms with van der Waals surface area (Å²) in [5, 5.41) is 25.6. The smallest absolute Gasteiger partial charge is 0.298 e. The van der Waals surface area contributed by atoms with Gasteiger partial charge in [-0.2, -0.15) is 0 Å². The summed E-state index contributed by atoms with van der Waals surface area (Å²) in [6, 6.07) is 14.2. The molecule has 29 heavy (non-hydrogen) atoms. The number of hydrogen-bond donors (Lipinski definition) is 4. The van der Waals surface area contributed by atoms with Crippen molar-refractivity contribution in [3.8, 4) is 5.75 Å². The van der Waals surface area contributed by atoms with E-state index in [0.29, 0.717) is 23.7 Å². The third-order valence-electron chi connectivity index (χ3n) is 4.44.